The molecule has 13 nitrogen and oxygen atoms in total. The van der Waals surface area contributed by atoms with E-state index >= 15 is 4.39 Å². The van der Waals surface area contributed by atoms with Gasteiger partial charge in [0.2, 0.25) is 11.3 Å². The molecule has 0 spiro atoms. The number of ether oxygens (including phenoxy) is 2. The zero-order chi connectivity index (χ0) is 37.6. The highest BCUT2D eigenvalue weighted by Crippen LogP contribution is 2.49. The summed E-state index contributed by atoms with van der Waals surface area (Å²) in [4.78, 5) is 49.2. The number of anilines is 1. The van der Waals surface area contributed by atoms with E-state index in [1.165, 1.54) is 6.07 Å². The van der Waals surface area contributed by atoms with Crippen LogP contribution in [-0.4, -0.2) is 129 Å². The number of piperazine rings is 1. The van der Waals surface area contributed by atoms with Gasteiger partial charge in [-0.15, -0.1) is 0 Å². The van der Waals surface area contributed by atoms with Gasteiger partial charge in [0.25, 0.3) is 5.91 Å². The van der Waals surface area contributed by atoms with Gasteiger partial charge in [-0.25, -0.2) is 4.39 Å². The molecule has 0 bridgehead atoms. The van der Waals surface area contributed by atoms with Gasteiger partial charge in [0, 0.05) is 94.4 Å². The van der Waals surface area contributed by atoms with E-state index in [2.05, 4.69) is 27.5 Å². The van der Waals surface area contributed by atoms with Crippen molar-refractivity contribution in [1.29, 1.82) is 0 Å². The van der Waals surface area contributed by atoms with Gasteiger partial charge in [-0.3, -0.25) is 14.4 Å². The third-order valence-corrected chi connectivity index (χ3v) is 11.5. The Labute approximate surface area is 317 Å². The van der Waals surface area contributed by atoms with E-state index in [4.69, 9.17) is 13.9 Å². The van der Waals surface area contributed by atoms with Crippen LogP contribution in [0.15, 0.2) is 57.9 Å². The molecule has 2 N–H and O–H groups in total. The lowest BCUT2D eigenvalue weighted by molar-refractivity contribution is -0.121. The fourth-order valence-electron chi connectivity index (χ4n) is 8.41. The Bertz CT molecular complexity index is 2350. The quantitative estimate of drug-likeness (QED) is 0.199. The molecule has 2 amide bonds. The van der Waals surface area contributed by atoms with E-state index in [1.807, 2.05) is 41.3 Å². The summed E-state index contributed by atoms with van der Waals surface area (Å²) in [7, 11) is 2.16. The zero-order valence-electron chi connectivity index (χ0n) is 31.1. The Kier molecular flexibility index (Phi) is 9.67. The van der Waals surface area contributed by atoms with Crippen LogP contribution in [0.25, 0.3) is 38.5 Å². The SMILES string of the molecule is CN1CCN(CCCNCCC(=O)N[C@@H]2CCN(c3c(F)cc4c(=O)c(C(=O)N5CCOCC5)cn5c4c3Oc3cc4c(cc3-5)oc3ccccc34)C2)CC1. The van der Waals surface area contributed by atoms with Gasteiger partial charge in [-0.05, 0) is 51.2 Å². The average molecular weight is 752 g/mol. The molecule has 4 aliphatic heterocycles. The smallest absolute Gasteiger partial charge is 0.259 e. The van der Waals surface area contributed by atoms with Crippen molar-refractivity contribution in [3.63, 3.8) is 0 Å². The first-order chi connectivity index (χ1) is 26.8. The predicted molar refractivity (Wildman–Crippen MR) is 208 cm³/mol. The Morgan fingerprint density at radius 3 is 2.58 bits per heavy atom. The minimum Gasteiger partial charge on any atom is -0.456 e. The summed E-state index contributed by atoms with van der Waals surface area (Å²) in [5.41, 5.74) is 1.85. The van der Waals surface area contributed by atoms with Crippen LogP contribution < -0.4 is 25.7 Å². The van der Waals surface area contributed by atoms with Crippen molar-refractivity contribution < 1.29 is 27.9 Å². The molecule has 55 heavy (non-hydrogen) atoms. The monoisotopic (exact) mass is 751 g/mol. The molecule has 0 aliphatic carbocycles. The Morgan fingerprint density at radius 1 is 0.927 bits per heavy atom. The maximum atomic E-state index is 16.5. The maximum Gasteiger partial charge on any atom is 0.259 e. The van der Waals surface area contributed by atoms with Crippen molar-refractivity contribution in [2.45, 2.75) is 25.3 Å². The molecule has 0 radical (unpaired) electrons. The molecular formula is C41H46FN7O6. The molecule has 0 unspecified atom stereocenters. The molecule has 14 heteroatoms. The number of carbonyl (C=O) groups is 2. The molecular weight excluding hydrogens is 705 g/mol. The number of aromatic nitrogens is 1. The topological polar surface area (TPSA) is 125 Å². The summed E-state index contributed by atoms with van der Waals surface area (Å²) < 4.78 is 36.6. The van der Waals surface area contributed by atoms with Crippen LogP contribution in [-0.2, 0) is 9.53 Å². The number of halogens is 1. The summed E-state index contributed by atoms with van der Waals surface area (Å²) in [6.07, 6.45) is 3.57. The van der Waals surface area contributed by atoms with Crippen LogP contribution in [0.2, 0.25) is 0 Å². The first-order valence-electron chi connectivity index (χ1n) is 19.4. The van der Waals surface area contributed by atoms with Crippen LogP contribution in [0.4, 0.5) is 10.1 Å². The minimum absolute atomic E-state index is 0.0470. The molecule has 5 aromatic rings. The van der Waals surface area contributed by atoms with Crippen LogP contribution in [0.5, 0.6) is 11.5 Å². The minimum atomic E-state index is -0.631. The fourth-order valence-corrected chi connectivity index (χ4v) is 8.41. The van der Waals surface area contributed by atoms with Crippen molar-refractivity contribution >= 4 is 50.3 Å². The number of pyridine rings is 1. The number of hydrogen-bond acceptors (Lipinski definition) is 10. The van der Waals surface area contributed by atoms with E-state index in [0.29, 0.717) is 86.9 Å². The third-order valence-electron chi connectivity index (χ3n) is 11.5. The van der Waals surface area contributed by atoms with Crippen molar-refractivity contribution in [3.05, 3.63) is 70.3 Å². The third kappa shape index (κ3) is 6.81. The summed E-state index contributed by atoms with van der Waals surface area (Å²) in [6, 6.07) is 12.4. The van der Waals surface area contributed by atoms with Gasteiger partial charge >= 0.3 is 0 Å². The Morgan fingerprint density at radius 2 is 1.75 bits per heavy atom. The van der Waals surface area contributed by atoms with Crippen LogP contribution in [0.1, 0.15) is 29.6 Å². The number of nitrogens with one attached hydrogen (secondary N) is 2. The van der Waals surface area contributed by atoms with Gasteiger partial charge in [-0.1, -0.05) is 18.2 Å². The number of likely N-dealkylation sites (N-methyl/N-ethyl adjacent to an activating group) is 1. The molecule has 3 fully saturated rings. The molecule has 6 heterocycles. The number of para-hydroxylation sites is 1. The van der Waals surface area contributed by atoms with E-state index in [0.717, 1.165) is 56.5 Å². The molecule has 288 valence electrons. The lowest BCUT2D eigenvalue weighted by Gasteiger charge is -2.32. The number of nitrogens with zero attached hydrogens (tertiary/aromatic N) is 5. The number of benzene rings is 3. The van der Waals surface area contributed by atoms with Gasteiger partial charge in [0.15, 0.2) is 17.3 Å². The fraction of sp³-hybridized carbons (Fsp3) is 0.439. The van der Waals surface area contributed by atoms with Crippen molar-refractivity contribution in [2.24, 2.45) is 0 Å². The average Bonchev–Trinajstić information content (AvgIpc) is 3.81. The number of amides is 2. The van der Waals surface area contributed by atoms with Crippen molar-refractivity contribution in [3.8, 4) is 17.2 Å². The van der Waals surface area contributed by atoms with Gasteiger partial charge in [0.1, 0.15) is 27.9 Å². The number of rotatable bonds is 10. The molecule has 3 saturated heterocycles. The molecule has 3 aromatic carbocycles. The van der Waals surface area contributed by atoms with E-state index in [9.17, 15) is 14.4 Å². The predicted octanol–water partition coefficient (Wildman–Crippen LogP) is 3.92. The first-order valence-corrected chi connectivity index (χ1v) is 19.4. The molecule has 0 saturated carbocycles. The summed E-state index contributed by atoms with van der Waals surface area (Å²) in [6.45, 7) is 9.24. The molecule has 9 rings (SSSR count). The second-order valence-electron chi connectivity index (χ2n) is 15.1. The van der Waals surface area contributed by atoms with E-state index in [1.54, 1.807) is 15.7 Å². The highest BCUT2D eigenvalue weighted by molar-refractivity contribution is 6.07. The summed E-state index contributed by atoms with van der Waals surface area (Å²) >= 11 is 0. The zero-order valence-corrected chi connectivity index (χ0v) is 31.1. The number of carbonyl (C=O) groups excluding carboxylic acids is 2. The standard InChI is InChI=1S/C41H46FN7O6/c1-45-13-15-46(16-14-45)11-4-9-43-10-7-36(50)44-26-8-12-48(24-26)38-31(42)21-29-37-40(38)55-35-22-28-27-5-2-3-6-33(27)54-34(28)23-32(35)49(37)25-30(39(29)51)41(52)47-17-19-53-20-18-47/h2-3,5-6,21-23,25-26,43H,4,7-20,24H2,1H3,(H,44,50)/t26-/m1/s1. The van der Waals surface area contributed by atoms with Crippen LogP contribution in [0.3, 0.4) is 0 Å². The Hall–Kier alpha value is -5.02. The first kappa shape index (κ1) is 35.7. The van der Waals surface area contributed by atoms with E-state index in [-0.39, 0.29) is 34.3 Å². The van der Waals surface area contributed by atoms with E-state index < -0.39 is 17.2 Å². The number of fused-ring (bicyclic) bond motifs is 5. The summed E-state index contributed by atoms with van der Waals surface area (Å²) in [5, 5.41) is 8.32. The summed E-state index contributed by atoms with van der Waals surface area (Å²) in [5.74, 6) is -0.473. The van der Waals surface area contributed by atoms with Crippen molar-refractivity contribution in [1.82, 2.24) is 29.9 Å². The lowest BCUT2D eigenvalue weighted by atomic mass is 10.0. The highest BCUT2D eigenvalue weighted by Gasteiger charge is 2.35. The van der Waals surface area contributed by atoms with Crippen molar-refractivity contribution in [2.75, 3.05) is 97.2 Å². The second kappa shape index (κ2) is 14.9. The number of furan rings is 1. The molecule has 4 aliphatic rings. The number of morpholine rings is 1. The molecule has 1 atom stereocenters. The van der Waals surface area contributed by atoms with Gasteiger partial charge < -0.3 is 48.7 Å². The van der Waals surface area contributed by atoms with Gasteiger partial charge in [-0.2, -0.15) is 0 Å². The highest BCUT2D eigenvalue weighted by atomic mass is 19.1. The Balaban J connectivity index is 0.971. The van der Waals surface area contributed by atoms with Crippen LogP contribution >= 0.6 is 0 Å². The van der Waals surface area contributed by atoms with Crippen LogP contribution in [0, 0.1) is 5.82 Å². The van der Waals surface area contributed by atoms with Gasteiger partial charge in [0.05, 0.1) is 24.3 Å². The second-order valence-corrected chi connectivity index (χ2v) is 15.1. The lowest BCUT2D eigenvalue weighted by Crippen LogP contribution is -2.45. The largest absolute Gasteiger partial charge is 0.456 e. The normalized spacial score (nSPS) is 19.0. The molecule has 2 aromatic heterocycles. The maximum absolute atomic E-state index is 16.5. The number of hydrogen-bond donors (Lipinski definition) is 2.